The van der Waals surface area contributed by atoms with Gasteiger partial charge in [-0.15, -0.1) is 0 Å². The third-order valence-corrected chi connectivity index (χ3v) is 10.3. The lowest BCUT2D eigenvalue weighted by Gasteiger charge is -2.26. The van der Waals surface area contributed by atoms with Crippen molar-refractivity contribution in [2.45, 2.75) is 52.5 Å². The van der Waals surface area contributed by atoms with Crippen molar-refractivity contribution in [3.05, 3.63) is 116 Å². The molecule has 51 heavy (non-hydrogen) atoms. The lowest BCUT2D eigenvalue weighted by atomic mass is 10.0. The number of carbonyl (C=O) groups excluding carboxylic acids is 3. The number of halogens is 2. The van der Waals surface area contributed by atoms with Crippen LogP contribution in [-0.4, -0.2) is 55.2 Å². The van der Waals surface area contributed by atoms with E-state index in [1.54, 1.807) is 24.3 Å². The van der Waals surface area contributed by atoms with Gasteiger partial charge in [-0.25, -0.2) is 9.97 Å². The second-order valence-corrected chi connectivity index (χ2v) is 13.5. The molecule has 5 aromatic rings. The van der Waals surface area contributed by atoms with Crippen LogP contribution in [0.1, 0.15) is 80.2 Å². The van der Waals surface area contributed by atoms with E-state index in [2.05, 4.69) is 27.4 Å². The molecule has 264 valence electrons. The highest BCUT2D eigenvalue weighted by Crippen LogP contribution is 2.40. The Kier molecular flexibility index (Phi) is 11.0. The number of hydrogen-bond donors (Lipinski definition) is 2. The van der Waals surface area contributed by atoms with Crippen LogP contribution in [0.2, 0.25) is 10.0 Å². The third-order valence-electron chi connectivity index (χ3n) is 9.48. The smallest absolute Gasteiger partial charge is 0.291 e. The first kappa shape index (κ1) is 36.0. The largest absolute Gasteiger partial charge is 0.327 e. The Labute approximate surface area is 307 Å². The number of amides is 2. The van der Waals surface area contributed by atoms with E-state index in [1.807, 2.05) is 66.6 Å². The third kappa shape index (κ3) is 7.49. The molecule has 0 bridgehead atoms. The van der Waals surface area contributed by atoms with Crippen molar-refractivity contribution in [3.63, 3.8) is 0 Å². The average molecular weight is 727 g/mol. The molecule has 0 spiro atoms. The molecular formula is C39H41Cl2N7O3. The van der Waals surface area contributed by atoms with Gasteiger partial charge in [-0.1, -0.05) is 92.0 Å². The number of aryl methyl sites for hydroxylation is 1. The number of nitrogens with zero attached hydrogens (tertiary/aromatic N) is 5. The molecule has 12 heteroatoms. The van der Waals surface area contributed by atoms with E-state index in [4.69, 9.17) is 28.2 Å². The molecule has 0 radical (unpaired) electrons. The molecule has 6 rings (SSSR count). The summed E-state index contributed by atoms with van der Waals surface area (Å²) in [5.41, 5.74) is 7.76. The molecule has 2 amide bonds. The first-order valence-corrected chi connectivity index (χ1v) is 17.9. The summed E-state index contributed by atoms with van der Waals surface area (Å²) in [5.74, 6) is -0.0978. The van der Waals surface area contributed by atoms with Gasteiger partial charge in [0.05, 0.1) is 32.8 Å². The van der Waals surface area contributed by atoms with E-state index in [1.165, 1.54) is 5.56 Å². The van der Waals surface area contributed by atoms with Crippen molar-refractivity contribution in [1.29, 1.82) is 0 Å². The second-order valence-electron chi connectivity index (χ2n) is 12.8. The van der Waals surface area contributed by atoms with Crippen LogP contribution in [0.5, 0.6) is 0 Å². The fourth-order valence-corrected chi connectivity index (χ4v) is 7.23. The van der Waals surface area contributed by atoms with Gasteiger partial charge in [0, 0.05) is 68.2 Å². The summed E-state index contributed by atoms with van der Waals surface area (Å²) < 4.78 is 3.71. The van der Waals surface area contributed by atoms with Crippen LogP contribution in [0, 0.1) is 0 Å². The number of carbonyl (C=O) groups is 3. The van der Waals surface area contributed by atoms with Crippen molar-refractivity contribution < 1.29 is 14.4 Å². The highest BCUT2D eigenvalue weighted by molar-refractivity contribution is 6.40. The fraction of sp³-hybridized carbons (Fsp3) is 0.308. The van der Waals surface area contributed by atoms with E-state index >= 15 is 0 Å². The second kappa shape index (κ2) is 15.6. The van der Waals surface area contributed by atoms with Gasteiger partial charge in [0.15, 0.2) is 11.6 Å². The summed E-state index contributed by atoms with van der Waals surface area (Å²) >= 11 is 13.8. The fourth-order valence-electron chi connectivity index (χ4n) is 6.68. The van der Waals surface area contributed by atoms with Crippen molar-refractivity contribution in [2.75, 3.05) is 23.7 Å². The Morgan fingerprint density at radius 3 is 2.00 bits per heavy atom. The van der Waals surface area contributed by atoms with Gasteiger partial charge in [0.25, 0.3) is 11.8 Å². The molecule has 1 aliphatic rings. The van der Waals surface area contributed by atoms with Crippen molar-refractivity contribution in [1.82, 2.24) is 24.0 Å². The molecule has 0 fully saturated rings. The number of aldehydes is 1. The lowest BCUT2D eigenvalue weighted by Crippen LogP contribution is -2.32. The molecule has 2 aromatic heterocycles. The summed E-state index contributed by atoms with van der Waals surface area (Å²) in [6, 6.07) is 18.3. The maximum absolute atomic E-state index is 13.6. The zero-order valence-corrected chi connectivity index (χ0v) is 30.7. The SMILES string of the molecule is CCCc1c(CC)nc(C(=O)Nc2cccc(-c3cccc(NC(=O)c4nc5c(n4C)CCN(CCc4ccc(C=O)cc4)C5)c3Cl)c2Cl)n1C. The van der Waals surface area contributed by atoms with Gasteiger partial charge in [-0.2, -0.15) is 0 Å². The van der Waals surface area contributed by atoms with Gasteiger partial charge < -0.3 is 19.8 Å². The number of imidazole rings is 2. The number of aromatic nitrogens is 4. The van der Waals surface area contributed by atoms with Gasteiger partial charge in [-0.3, -0.25) is 19.3 Å². The molecule has 0 unspecified atom stereocenters. The normalized spacial score (nSPS) is 12.8. The Hall–Kier alpha value is -4.77. The maximum atomic E-state index is 13.6. The predicted molar refractivity (Wildman–Crippen MR) is 202 cm³/mol. The van der Waals surface area contributed by atoms with Gasteiger partial charge in [0.1, 0.15) is 6.29 Å². The molecule has 0 aliphatic carbocycles. The zero-order chi connectivity index (χ0) is 36.2. The first-order valence-electron chi connectivity index (χ1n) is 17.2. The molecule has 0 atom stereocenters. The minimum absolute atomic E-state index is 0.304. The minimum atomic E-state index is -0.371. The topological polar surface area (TPSA) is 114 Å². The molecule has 0 saturated heterocycles. The zero-order valence-electron chi connectivity index (χ0n) is 29.2. The van der Waals surface area contributed by atoms with Crippen LogP contribution >= 0.6 is 23.2 Å². The highest BCUT2D eigenvalue weighted by atomic mass is 35.5. The van der Waals surface area contributed by atoms with Crippen LogP contribution in [0.25, 0.3) is 11.1 Å². The van der Waals surface area contributed by atoms with Gasteiger partial charge in [0.2, 0.25) is 0 Å². The molecule has 1 aliphatic heterocycles. The standard InChI is InChI=1S/C39H41Cl2N7O3/c1-5-9-32-28(6-2)42-36(46(32)3)38(50)44-29-12-7-10-26(34(29)40)27-11-8-13-30(35(27)41)45-39(51)37-43-31-22-48(21-19-33(31)47(37)4)20-18-24-14-16-25(23-49)17-15-24/h7-8,10-17,23H,5-6,9,18-22H2,1-4H3,(H,44,50)(H,45,51). The number of benzene rings is 3. The van der Waals surface area contributed by atoms with Crippen LogP contribution in [0.15, 0.2) is 60.7 Å². The minimum Gasteiger partial charge on any atom is -0.327 e. The average Bonchev–Trinajstić information content (AvgIpc) is 3.64. The van der Waals surface area contributed by atoms with Crippen LogP contribution in [0.4, 0.5) is 11.4 Å². The maximum Gasteiger partial charge on any atom is 0.291 e. The van der Waals surface area contributed by atoms with E-state index in [0.29, 0.717) is 56.3 Å². The lowest BCUT2D eigenvalue weighted by molar-refractivity contribution is 0.100. The number of rotatable bonds is 12. The van der Waals surface area contributed by atoms with Crippen LogP contribution < -0.4 is 10.6 Å². The Morgan fingerprint density at radius 1 is 0.824 bits per heavy atom. The molecule has 0 saturated carbocycles. The van der Waals surface area contributed by atoms with Crippen molar-refractivity contribution in [3.8, 4) is 11.1 Å². The van der Waals surface area contributed by atoms with Crippen molar-refractivity contribution in [2.24, 2.45) is 14.1 Å². The predicted octanol–water partition coefficient (Wildman–Crippen LogP) is 7.56. The molecular weight excluding hydrogens is 685 g/mol. The number of hydrogen-bond acceptors (Lipinski definition) is 6. The summed E-state index contributed by atoms with van der Waals surface area (Å²) in [7, 11) is 3.72. The Balaban J connectivity index is 1.16. The van der Waals surface area contributed by atoms with Crippen LogP contribution in [-0.2, 0) is 46.3 Å². The van der Waals surface area contributed by atoms with Crippen LogP contribution in [0.3, 0.4) is 0 Å². The van der Waals surface area contributed by atoms with Gasteiger partial charge in [-0.05, 0) is 37.0 Å². The Morgan fingerprint density at radius 2 is 1.43 bits per heavy atom. The summed E-state index contributed by atoms with van der Waals surface area (Å²) in [6.07, 6.45) is 5.00. The van der Waals surface area contributed by atoms with E-state index in [-0.39, 0.29) is 11.8 Å². The van der Waals surface area contributed by atoms with Gasteiger partial charge >= 0.3 is 0 Å². The molecule has 3 aromatic carbocycles. The first-order chi connectivity index (χ1) is 24.6. The Bertz CT molecular complexity index is 2100. The van der Waals surface area contributed by atoms with E-state index < -0.39 is 0 Å². The summed E-state index contributed by atoms with van der Waals surface area (Å²) in [4.78, 5) is 49.7. The quantitative estimate of drug-likeness (QED) is 0.128. The summed E-state index contributed by atoms with van der Waals surface area (Å²) in [5, 5.41) is 6.51. The molecule has 10 nitrogen and oxygen atoms in total. The molecule has 2 N–H and O–H groups in total. The van der Waals surface area contributed by atoms with E-state index in [0.717, 1.165) is 74.3 Å². The number of nitrogens with one attached hydrogen (secondary N) is 2. The monoisotopic (exact) mass is 725 g/mol. The number of anilines is 2. The highest BCUT2D eigenvalue weighted by Gasteiger charge is 2.26. The summed E-state index contributed by atoms with van der Waals surface area (Å²) in [6.45, 7) is 6.48. The number of fused-ring (bicyclic) bond motifs is 1. The van der Waals surface area contributed by atoms with E-state index in [9.17, 15) is 14.4 Å². The van der Waals surface area contributed by atoms with Crippen molar-refractivity contribution >= 4 is 52.7 Å². The molecule has 3 heterocycles.